The Morgan fingerprint density at radius 1 is 1.30 bits per heavy atom. The Hall–Kier alpha value is -1.85. The van der Waals surface area contributed by atoms with Gasteiger partial charge in [-0.3, -0.25) is 4.79 Å². The van der Waals surface area contributed by atoms with Crippen LogP contribution in [0.15, 0.2) is 6.07 Å². The standard InChI is InChI=1S/C14H16F2O4/c1-19-13-9(15)6-10(16)14(20-2)12(13)8(5-11(17)18)7-3-4-7/h6-8H,3-5H2,1-2H3,(H,17,18). The predicted molar refractivity (Wildman–Crippen MR) is 67.2 cm³/mol. The summed E-state index contributed by atoms with van der Waals surface area (Å²) >= 11 is 0. The molecule has 0 aromatic heterocycles. The lowest BCUT2D eigenvalue weighted by Crippen LogP contribution is -2.13. The van der Waals surface area contributed by atoms with Gasteiger partial charge < -0.3 is 14.6 Å². The average Bonchev–Trinajstić information content (AvgIpc) is 3.19. The van der Waals surface area contributed by atoms with E-state index >= 15 is 0 Å². The zero-order chi connectivity index (χ0) is 14.9. The summed E-state index contributed by atoms with van der Waals surface area (Å²) in [4.78, 5) is 11.0. The number of hydrogen-bond donors (Lipinski definition) is 1. The van der Waals surface area contributed by atoms with Crippen molar-refractivity contribution in [3.05, 3.63) is 23.3 Å². The topological polar surface area (TPSA) is 55.8 Å². The molecular weight excluding hydrogens is 270 g/mol. The molecule has 110 valence electrons. The maximum atomic E-state index is 13.8. The molecule has 20 heavy (non-hydrogen) atoms. The molecule has 0 radical (unpaired) electrons. The summed E-state index contributed by atoms with van der Waals surface area (Å²) in [5.74, 6) is -3.41. The van der Waals surface area contributed by atoms with Crippen molar-refractivity contribution in [1.82, 2.24) is 0 Å². The molecule has 1 aliphatic carbocycles. The SMILES string of the molecule is COc1c(F)cc(F)c(OC)c1C(CC(=O)O)C1CC1. The maximum absolute atomic E-state index is 13.8. The highest BCUT2D eigenvalue weighted by Crippen LogP contribution is 2.51. The van der Waals surface area contributed by atoms with Crippen LogP contribution in [0.3, 0.4) is 0 Å². The van der Waals surface area contributed by atoms with Gasteiger partial charge in [0.25, 0.3) is 0 Å². The fraction of sp³-hybridized carbons (Fsp3) is 0.500. The molecule has 1 aromatic carbocycles. The summed E-state index contributed by atoms with van der Waals surface area (Å²) in [5, 5.41) is 9.02. The summed E-state index contributed by atoms with van der Waals surface area (Å²) in [6, 6.07) is 0.686. The fourth-order valence-electron chi connectivity index (χ4n) is 2.55. The first-order valence-electron chi connectivity index (χ1n) is 6.31. The molecule has 0 heterocycles. The van der Waals surface area contributed by atoms with Crippen LogP contribution in [0.2, 0.25) is 0 Å². The minimum atomic E-state index is -1.02. The molecule has 1 fully saturated rings. The van der Waals surface area contributed by atoms with Gasteiger partial charge in [0.1, 0.15) is 0 Å². The first-order valence-corrected chi connectivity index (χ1v) is 6.31. The molecule has 1 saturated carbocycles. The van der Waals surface area contributed by atoms with E-state index in [9.17, 15) is 13.6 Å². The number of halogens is 2. The number of aliphatic carboxylic acids is 1. The first kappa shape index (κ1) is 14.6. The van der Waals surface area contributed by atoms with Gasteiger partial charge in [0, 0.05) is 17.5 Å². The predicted octanol–water partition coefficient (Wildman–Crippen LogP) is 2.95. The minimum Gasteiger partial charge on any atom is -0.493 e. The van der Waals surface area contributed by atoms with Crippen molar-refractivity contribution in [1.29, 1.82) is 0 Å². The van der Waals surface area contributed by atoms with Crippen LogP contribution < -0.4 is 9.47 Å². The summed E-state index contributed by atoms with van der Waals surface area (Å²) in [5.41, 5.74) is 0.178. The Morgan fingerprint density at radius 2 is 1.80 bits per heavy atom. The number of carboxylic acids is 1. The van der Waals surface area contributed by atoms with Crippen molar-refractivity contribution in [2.75, 3.05) is 14.2 Å². The quantitative estimate of drug-likeness (QED) is 0.873. The molecular formula is C14H16F2O4. The summed E-state index contributed by atoms with van der Waals surface area (Å²) in [7, 11) is 2.54. The zero-order valence-electron chi connectivity index (χ0n) is 11.3. The smallest absolute Gasteiger partial charge is 0.303 e. The number of ether oxygens (including phenoxy) is 2. The molecule has 0 saturated heterocycles. The number of methoxy groups -OCH3 is 2. The molecule has 6 heteroatoms. The van der Waals surface area contributed by atoms with Crippen LogP contribution in [0.25, 0.3) is 0 Å². The number of carboxylic acid groups (broad SMARTS) is 1. The van der Waals surface area contributed by atoms with Gasteiger partial charge in [-0.1, -0.05) is 0 Å². The van der Waals surface area contributed by atoms with Gasteiger partial charge >= 0.3 is 5.97 Å². The van der Waals surface area contributed by atoms with E-state index in [1.165, 1.54) is 14.2 Å². The van der Waals surface area contributed by atoms with Crippen LogP contribution in [-0.4, -0.2) is 25.3 Å². The average molecular weight is 286 g/mol. The molecule has 4 nitrogen and oxygen atoms in total. The van der Waals surface area contributed by atoms with E-state index < -0.39 is 23.5 Å². The summed E-state index contributed by atoms with van der Waals surface area (Å²) in [6.07, 6.45) is 1.46. The van der Waals surface area contributed by atoms with Crippen molar-refractivity contribution >= 4 is 5.97 Å². The van der Waals surface area contributed by atoms with Gasteiger partial charge in [-0.25, -0.2) is 8.78 Å². The Bertz CT molecular complexity index is 498. The van der Waals surface area contributed by atoms with E-state index in [1.54, 1.807) is 0 Å². The van der Waals surface area contributed by atoms with Gasteiger partial charge in [0.15, 0.2) is 23.1 Å². The normalized spacial score (nSPS) is 15.8. The van der Waals surface area contributed by atoms with Crippen molar-refractivity contribution in [3.8, 4) is 11.5 Å². The largest absolute Gasteiger partial charge is 0.493 e. The van der Waals surface area contributed by atoms with Gasteiger partial charge in [0.2, 0.25) is 0 Å². The van der Waals surface area contributed by atoms with E-state index in [2.05, 4.69) is 0 Å². The lowest BCUT2D eigenvalue weighted by Gasteiger charge is -2.21. The Kier molecular flexibility index (Phi) is 4.11. The Labute approximate surface area is 115 Å². The van der Waals surface area contributed by atoms with Gasteiger partial charge in [0.05, 0.1) is 20.6 Å². The lowest BCUT2D eigenvalue weighted by atomic mass is 9.89. The van der Waals surface area contributed by atoms with Crippen LogP contribution in [0.1, 0.15) is 30.7 Å². The Balaban J connectivity index is 2.58. The van der Waals surface area contributed by atoms with E-state index in [0.29, 0.717) is 6.07 Å². The van der Waals surface area contributed by atoms with E-state index in [-0.39, 0.29) is 29.4 Å². The summed E-state index contributed by atoms with van der Waals surface area (Å²) in [6.45, 7) is 0. The van der Waals surface area contributed by atoms with E-state index in [1.807, 2.05) is 0 Å². The third-order valence-corrected chi connectivity index (χ3v) is 3.54. The highest BCUT2D eigenvalue weighted by atomic mass is 19.1. The van der Waals surface area contributed by atoms with Crippen molar-refractivity contribution in [3.63, 3.8) is 0 Å². The fourth-order valence-corrected chi connectivity index (χ4v) is 2.55. The zero-order valence-corrected chi connectivity index (χ0v) is 11.3. The molecule has 2 rings (SSSR count). The maximum Gasteiger partial charge on any atom is 0.303 e. The van der Waals surface area contributed by atoms with E-state index in [0.717, 1.165) is 12.8 Å². The second-order valence-corrected chi connectivity index (χ2v) is 4.86. The first-order chi connectivity index (χ1) is 9.49. The van der Waals surface area contributed by atoms with Crippen molar-refractivity contribution in [2.45, 2.75) is 25.2 Å². The highest BCUT2D eigenvalue weighted by Gasteiger charge is 2.39. The second-order valence-electron chi connectivity index (χ2n) is 4.86. The molecule has 0 aliphatic heterocycles. The molecule has 1 atom stereocenters. The van der Waals surface area contributed by atoms with Crippen LogP contribution in [0, 0.1) is 17.6 Å². The molecule has 0 bridgehead atoms. The van der Waals surface area contributed by atoms with Crippen LogP contribution in [0.4, 0.5) is 8.78 Å². The number of rotatable bonds is 6. The van der Waals surface area contributed by atoms with Gasteiger partial charge in [-0.2, -0.15) is 0 Å². The molecule has 1 aromatic rings. The second kappa shape index (κ2) is 5.64. The van der Waals surface area contributed by atoms with Gasteiger partial charge in [-0.05, 0) is 18.8 Å². The Morgan fingerprint density at radius 3 is 2.15 bits per heavy atom. The van der Waals surface area contributed by atoms with Crippen LogP contribution in [0.5, 0.6) is 11.5 Å². The molecule has 0 spiro atoms. The van der Waals surface area contributed by atoms with E-state index in [4.69, 9.17) is 14.6 Å². The van der Waals surface area contributed by atoms with Crippen LogP contribution in [-0.2, 0) is 4.79 Å². The molecule has 0 amide bonds. The minimum absolute atomic E-state index is 0.0927. The molecule has 1 unspecified atom stereocenters. The molecule has 1 N–H and O–H groups in total. The number of hydrogen-bond acceptors (Lipinski definition) is 3. The molecule has 1 aliphatic rings. The third kappa shape index (κ3) is 2.69. The number of benzene rings is 1. The van der Waals surface area contributed by atoms with Crippen LogP contribution >= 0.6 is 0 Å². The van der Waals surface area contributed by atoms with Crippen molar-refractivity contribution in [2.24, 2.45) is 5.92 Å². The van der Waals surface area contributed by atoms with Crippen molar-refractivity contribution < 1.29 is 28.2 Å². The lowest BCUT2D eigenvalue weighted by molar-refractivity contribution is -0.137. The third-order valence-electron chi connectivity index (χ3n) is 3.54. The number of carbonyl (C=O) groups is 1. The summed E-state index contributed by atoms with van der Waals surface area (Å²) < 4.78 is 37.7. The monoisotopic (exact) mass is 286 g/mol. The van der Waals surface area contributed by atoms with Gasteiger partial charge in [-0.15, -0.1) is 0 Å². The highest BCUT2D eigenvalue weighted by molar-refractivity contribution is 5.69.